The zero-order valence-electron chi connectivity index (χ0n) is 17.1. The lowest BCUT2D eigenvalue weighted by Crippen LogP contribution is -2.26. The minimum absolute atomic E-state index is 0. The molecule has 0 saturated carbocycles. The van der Waals surface area contributed by atoms with Crippen LogP contribution < -0.4 is 5.32 Å². The van der Waals surface area contributed by atoms with Crippen molar-refractivity contribution in [1.29, 1.82) is 0 Å². The first kappa shape index (κ1) is 30.6. The molecule has 0 aromatic rings. The molecule has 196 valence electrons. The number of carbonyl (C=O) groups excluding carboxylic acids is 1. The largest absolute Gasteiger partial charge is 0.443 e. The zero-order valence-corrected chi connectivity index (χ0v) is 17.9. The van der Waals surface area contributed by atoms with Gasteiger partial charge in [-0.1, -0.05) is 5.92 Å². The Hall–Kier alpha value is -5.58. The first-order chi connectivity index (χ1) is 16.6. The highest BCUT2D eigenvalue weighted by Crippen LogP contribution is 1.78. The van der Waals surface area contributed by atoms with Crippen molar-refractivity contribution >= 4 is 17.5 Å². The van der Waals surface area contributed by atoms with E-state index in [4.69, 9.17) is 16.2 Å². The van der Waals surface area contributed by atoms with Gasteiger partial charge in [-0.05, 0) is 107 Å². The molecule has 0 aromatic heterocycles. The van der Waals surface area contributed by atoms with E-state index in [1.165, 1.54) is 0 Å². The molecule has 0 aliphatic heterocycles. The monoisotopic (exact) mass is 501 g/mol. The van der Waals surface area contributed by atoms with Gasteiger partial charge in [0.1, 0.15) is 6.73 Å². The highest BCUT2D eigenvalue weighted by molar-refractivity contribution is 7.74. The molecule has 8 nitrogen and oxygen atoms in total. The summed E-state index contributed by atoms with van der Waals surface area (Å²) in [6.45, 7) is 1.16. The molecule has 0 rings (SSSR count). The van der Waals surface area contributed by atoms with E-state index in [-0.39, 0.29) is 24.3 Å². The van der Waals surface area contributed by atoms with Gasteiger partial charge in [-0.2, -0.15) is 4.21 Å². The van der Waals surface area contributed by atoms with Crippen LogP contribution >= 0.6 is 0 Å². The van der Waals surface area contributed by atoms with Gasteiger partial charge in [-0.3, -0.25) is 9.87 Å². The van der Waals surface area contributed by atoms with Crippen LogP contribution in [0.15, 0.2) is 0 Å². The van der Waals surface area contributed by atoms with Gasteiger partial charge in [-0.15, -0.1) is 6.42 Å². The van der Waals surface area contributed by atoms with Gasteiger partial charge in [0, 0.05) is 47.9 Å². The van der Waals surface area contributed by atoms with E-state index in [0.29, 0.717) is 0 Å². The molecule has 0 bridgehead atoms. The molecule has 0 heterocycles. The highest BCUT2D eigenvalue weighted by atomic mass is 32.2. The van der Waals surface area contributed by atoms with Gasteiger partial charge in [0.2, 0.25) is 0 Å². The molecule has 3 N–H and O–H groups in total. The fourth-order valence-electron chi connectivity index (χ4n) is 0.832. The van der Waals surface area contributed by atoms with Gasteiger partial charge in [-0.25, -0.2) is 19.1 Å². The number of terminal acetylenes is 1. The fraction of sp³-hybridized carbons (Fsp3) is 0.0800. The average molecular weight is 502 g/mol. The van der Waals surface area contributed by atoms with E-state index in [2.05, 4.69) is 138 Å². The molecule has 0 radical (unpaired) electrons. The third kappa shape index (κ3) is 31.1. The van der Waals surface area contributed by atoms with Gasteiger partial charge in [0.15, 0.2) is 0 Å². The number of hydrogen-bond donors (Lipinski definition) is 3. The normalized spacial score (nSPS) is 6.53. The Balaban J connectivity index is -0.0000000195. The highest BCUT2D eigenvalue weighted by Gasteiger charge is 2.01. The Morgan fingerprint density at radius 3 is 1.44 bits per heavy atom. The predicted octanol–water partition coefficient (Wildman–Crippen LogP) is 4.08. The van der Waals surface area contributed by atoms with Crippen molar-refractivity contribution in [1.82, 2.24) is 5.32 Å². The molecular formula is C25H43NO7S. The van der Waals surface area contributed by atoms with Crippen LogP contribution in [0.3, 0.4) is 0 Å². The zero-order chi connectivity index (χ0) is 25.5. The summed E-state index contributed by atoms with van der Waals surface area (Å²) in [5.41, 5.74) is 0. The van der Waals surface area contributed by atoms with E-state index >= 15 is 0 Å². The molecule has 0 aromatic carbocycles. The standard InChI is InChI=1S/C23H4.C2H5NO7S.17H2/c1-3-5-7-9-11-13-15-17-19-21-23-22-20-18-16-14-12-10-8-6-4-2;4-2(9-10-5)3-1-8-11(6)7;;;;;;;;;;;;;;;;;/h1H,2H3;5H,1H2,(H,3,4)(H,6,7);17*1H. The lowest BCUT2D eigenvalue weighted by Gasteiger charge is -1.99. The van der Waals surface area contributed by atoms with Crippen molar-refractivity contribution in [3.63, 3.8) is 0 Å². The Morgan fingerprint density at radius 2 is 1.15 bits per heavy atom. The summed E-state index contributed by atoms with van der Waals surface area (Å²) < 4.78 is 21.7. The van der Waals surface area contributed by atoms with E-state index in [0.717, 1.165) is 0 Å². The van der Waals surface area contributed by atoms with E-state index in [9.17, 15) is 9.00 Å². The van der Waals surface area contributed by atoms with Crippen LogP contribution in [0.4, 0.5) is 4.79 Å². The van der Waals surface area contributed by atoms with E-state index < -0.39 is 24.2 Å². The second-order valence-electron chi connectivity index (χ2n) is 3.87. The maximum absolute atomic E-state index is 10.1. The maximum Gasteiger partial charge on any atom is 0.443 e. The molecule has 1 atom stereocenters. The van der Waals surface area contributed by atoms with Crippen molar-refractivity contribution in [3.8, 4) is 131 Å². The van der Waals surface area contributed by atoms with Gasteiger partial charge in [0.05, 0.1) is 0 Å². The molecule has 0 spiro atoms. The third-order valence-corrected chi connectivity index (χ3v) is 2.13. The van der Waals surface area contributed by atoms with Crippen LogP contribution in [0.5, 0.6) is 0 Å². The second-order valence-corrected chi connectivity index (χ2v) is 4.54. The third-order valence-electron chi connectivity index (χ3n) is 1.81. The summed E-state index contributed by atoms with van der Waals surface area (Å²) in [5.74, 6) is 51.9. The van der Waals surface area contributed by atoms with Crippen molar-refractivity contribution in [2.24, 2.45) is 0 Å². The minimum atomic E-state index is -2.46. The van der Waals surface area contributed by atoms with Crippen molar-refractivity contribution in [2.45, 2.75) is 6.92 Å². The van der Waals surface area contributed by atoms with Crippen molar-refractivity contribution in [3.05, 3.63) is 0 Å². The smallest absolute Gasteiger partial charge is 0.295 e. The van der Waals surface area contributed by atoms with Crippen molar-refractivity contribution < 1.29 is 57.2 Å². The second kappa shape index (κ2) is 27.4. The average Bonchev–Trinajstić information content (AvgIpc) is 2.81. The van der Waals surface area contributed by atoms with E-state index in [1.54, 1.807) is 12.2 Å². The van der Waals surface area contributed by atoms with Crippen LogP contribution in [0, 0.1) is 131 Å². The Labute approximate surface area is 225 Å². The molecule has 0 saturated heterocycles. The molecular weight excluding hydrogens is 458 g/mol. The summed E-state index contributed by atoms with van der Waals surface area (Å²) in [6, 6.07) is 0. The lowest BCUT2D eigenvalue weighted by molar-refractivity contribution is -0.456. The summed E-state index contributed by atoms with van der Waals surface area (Å²) in [6.07, 6.45) is 3.75. The number of amides is 1. The Kier molecular flexibility index (Phi) is 24.7. The van der Waals surface area contributed by atoms with Crippen LogP contribution in [-0.2, 0) is 25.5 Å². The maximum atomic E-state index is 10.1. The quantitative estimate of drug-likeness (QED) is 0.175. The van der Waals surface area contributed by atoms with Crippen LogP contribution in [-0.4, -0.2) is 26.8 Å². The van der Waals surface area contributed by atoms with Crippen LogP contribution in [0.25, 0.3) is 0 Å². The van der Waals surface area contributed by atoms with E-state index in [1.807, 2.05) is 0 Å². The molecule has 1 amide bonds. The molecule has 9 heteroatoms. The Bertz CT molecular complexity index is 1470. The summed E-state index contributed by atoms with van der Waals surface area (Å²) in [4.78, 5) is 13.6. The summed E-state index contributed by atoms with van der Waals surface area (Å²) >= 11 is -2.46. The summed E-state index contributed by atoms with van der Waals surface area (Å²) in [7, 11) is 0. The van der Waals surface area contributed by atoms with Crippen LogP contribution in [0.2, 0.25) is 0 Å². The molecule has 1 unspecified atom stereocenters. The molecule has 34 heavy (non-hydrogen) atoms. The number of hydrogen-bond acceptors (Lipinski definition) is 6. The lowest BCUT2D eigenvalue weighted by atomic mass is 10.4. The first-order valence-electron chi connectivity index (χ1n) is 7.95. The van der Waals surface area contributed by atoms with Gasteiger partial charge >= 0.3 is 17.5 Å². The molecule has 0 aliphatic rings. The Morgan fingerprint density at radius 1 is 0.794 bits per heavy atom. The SMILES string of the molecule is C#CC#CC#CC#CC#CC#CC#CC#CC#CC#CC#CC.O=C(NCOS(=O)O)OOO.[HH].[HH].[HH].[HH].[HH].[HH].[HH].[HH].[HH].[HH].[HH].[HH].[HH].[HH].[HH].[HH].[HH]. The fourth-order valence-corrected chi connectivity index (χ4v) is 0.992. The molecule has 0 aliphatic carbocycles. The minimum Gasteiger partial charge on any atom is -0.295 e. The number of nitrogens with one attached hydrogen (secondary N) is 1. The van der Waals surface area contributed by atoms with Gasteiger partial charge < -0.3 is 0 Å². The number of carbonyl (C=O) groups is 1. The summed E-state index contributed by atoms with van der Waals surface area (Å²) in [5, 5.41) is 12.3. The topological polar surface area (TPSA) is 114 Å². The first-order valence-corrected chi connectivity index (χ1v) is 8.99. The number of rotatable bonds is 4. The predicted molar refractivity (Wildman–Crippen MR) is 158 cm³/mol. The molecule has 0 fully saturated rings. The van der Waals surface area contributed by atoms with Gasteiger partial charge in [0.25, 0.3) is 0 Å². The van der Waals surface area contributed by atoms with Crippen LogP contribution in [0.1, 0.15) is 31.2 Å². The van der Waals surface area contributed by atoms with Crippen molar-refractivity contribution in [2.75, 3.05) is 6.73 Å².